The van der Waals surface area contributed by atoms with Crippen LogP contribution in [0, 0.1) is 0 Å². The first-order valence-electron chi connectivity index (χ1n) is 6.22. The molecule has 0 spiro atoms. The zero-order chi connectivity index (χ0) is 13.1. The van der Waals surface area contributed by atoms with Crippen LogP contribution in [0.5, 0.6) is 0 Å². The number of anilines is 1. The zero-order valence-electron chi connectivity index (χ0n) is 10.6. The molecule has 0 aromatic heterocycles. The summed E-state index contributed by atoms with van der Waals surface area (Å²) in [5.74, 6) is 0.107. The molecule has 4 nitrogen and oxygen atoms in total. The molecule has 1 aliphatic rings. The lowest BCUT2D eigenvalue weighted by molar-refractivity contribution is -0.136. The van der Waals surface area contributed by atoms with Crippen LogP contribution in [-0.4, -0.2) is 29.2 Å². The Morgan fingerprint density at radius 3 is 2.61 bits per heavy atom. The van der Waals surface area contributed by atoms with Crippen molar-refractivity contribution in [3.05, 3.63) is 29.8 Å². The van der Waals surface area contributed by atoms with Gasteiger partial charge in [0, 0.05) is 12.2 Å². The van der Waals surface area contributed by atoms with E-state index in [0.29, 0.717) is 18.7 Å². The van der Waals surface area contributed by atoms with Crippen LogP contribution >= 0.6 is 0 Å². The van der Waals surface area contributed by atoms with Crippen LogP contribution in [0.1, 0.15) is 25.3 Å². The number of carbonyl (C=O) groups excluding carboxylic acids is 2. The van der Waals surface area contributed by atoms with Gasteiger partial charge in [-0.05, 0) is 37.5 Å². The first kappa shape index (κ1) is 12.6. The fraction of sp³-hybridized carbons (Fsp3) is 0.429. The van der Waals surface area contributed by atoms with Crippen molar-refractivity contribution >= 4 is 17.4 Å². The van der Waals surface area contributed by atoms with E-state index in [1.54, 1.807) is 24.0 Å². The van der Waals surface area contributed by atoms with Crippen molar-refractivity contribution in [3.63, 3.8) is 0 Å². The van der Waals surface area contributed by atoms with Crippen LogP contribution in [0.25, 0.3) is 0 Å². The van der Waals surface area contributed by atoms with Crippen molar-refractivity contribution < 1.29 is 9.59 Å². The highest BCUT2D eigenvalue weighted by Gasteiger charge is 2.31. The number of likely N-dealkylation sites (tertiary alicyclic amines) is 1. The summed E-state index contributed by atoms with van der Waals surface area (Å²) in [5.41, 5.74) is 7.22. The highest BCUT2D eigenvalue weighted by atomic mass is 16.2. The van der Waals surface area contributed by atoms with Gasteiger partial charge >= 0.3 is 0 Å². The number of amides is 1. The Balaban J connectivity index is 2.03. The number of Topliss-reactive ketones (excluding diaryl/α,β-unsaturated/α-hetero) is 1. The molecule has 0 saturated carbocycles. The Kier molecular flexibility index (Phi) is 3.65. The summed E-state index contributed by atoms with van der Waals surface area (Å²) < 4.78 is 0. The van der Waals surface area contributed by atoms with Crippen molar-refractivity contribution in [3.8, 4) is 0 Å². The number of carbonyl (C=O) groups is 2. The monoisotopic (exact) mass is 246 g/mol. The molecule has 18 heavy (non-hydrogen) atoms. The summed E-state index contributed by atoms with van der Waals surface area (Å²) in [6.45, 7) is 2.25. The van der Waals surface area contributed by atoms with Gasteiger partial charge in [0.15, 0.2) is 5.78 Å². The van der Waals surface area contributed by atoms with Crippen molar-refractivity contribution in [1.29, 1.82) is 0 Å². The number of nitrogen functional groups attached to an aromatic ring is 1. The lowest BCUT2D eigenvalue weighted by Gasteiger charge is -2.22. The third kappa shape index (κ3) is 2.70. The number of benzene rings is 1. The molecule has 1 amide bonds. The van der Waals surface area contributed by atoms with Crippen molar-refractivity contribution in [2.45, 2.75) is 32.2 Å². The number of nitrogens with zero attached hydrogens (tertiary/aromatic N) is 1. The van der Waals surface area contributed by atoms with E-state index in [0.717, 1.165) is 18.4 Å². The Bertz CT molecular complexity index is 453. The van der Waals surface area contributed by atoms with Gasteiger partial charge in [-0.1, -0.05) is 12.1 Å². The van der Waals surface area contributed by atoms with E-state index in [1.165, 1.54) is 0 Å². The maximum absolute atomic E-state index is 12.2. The third-order valence-electron chi connectivity index (χ3n) is 3.38. The maximum Gasteiger partial charge on any atom is 0.227 e. The SMILES string of the molecule is CC(=O)[C@H]1CCCN1C(=O)Cc1ccc(N)cc1. The second-order valence-corrected chi connectivity index (χ2v) is 4.77. The predicted molar refractivity (Wildman–Crippen MR) is 70.0 cm³/mol. The molecule has 0 unspecified atom stereocenters. The van der Waals surface area contributed by atoms with Crippen LogP contribution in [0.4, 0.5) is 5.69 Å². The predicted octanol–water partition coefficient (Wildman–Crippen LogP) is 1.39. The number of nitrogens with two attached hydrogens (primary N) is 1. The molecule has 0 radical (unpaired) electrons. The van der Waals surface area contributed by atoms with E-state index < -0.39 is 0 Å². The first-order valence-corrected chi connectivity index (χ1v) is 6.22. The van der Waals surface area contributed by atoms with Gasteiger partial charge in [-0.2, -0.15) is 0 Å². The second kappa shape index (κ2) is 5.21. The van der Waals surface area contributed by atoms with Crippen LogP contribution in [0.2, 0.25) is 0 Å². The molecular weight excluding hydrogens is 228 g/mol. The number of ketones is 1. The maximum atomic E-state index is 12.2. The molecule has 1 heterocycles. The van der Waals surface area contributed by atoms with E-state index in [4.69, 9.17) is 5.73 Å². The first-order chi connectivity index (χ1) is 8.58. The average Bonchev–Trinajstić information content (AvgIpc) is 2.81. The van der Waals surface area contributed by atoms with Gasteiger partial charge in [0.25, 0.3) is 0 Å². The number of hydrogen-bond donors (Lipinski definition) is 1. The lowest BCUT2D eigenvalue weighted by Crippen LogP contribution is -2.40. The molecular formula is C14H18N2O2. The van der Waals surface area contributed by atoms with E-state index >= 15 is 0 Å². The minimum absolute atomic E-state index is 0.0254. The van der Waals surface area contributed by atoms with Crippen LogP contribution in [-0.2, 0) is 16.0 Å². The Morgan fingerprint density at radius 2 is 2.00 bits per heavy atom. The molecule has 1 aromatic carbocycles. The fourth-order valence-electron chi connectivity index (χ4n) is 2.40. The topological polar surface area (TPSA) is 63.4 Å². The Hall–Kier alpha value is -1.84. The number of rotatable bonds is 3. The van der Waals surface area contributed by atoms with E-state index in [9.17, 15) is 9.59 Å². The van der Waals surface area contributed by atoms with Crippen LogP contribution in [0.15, 0.2) is 24.3 Å². The largest absolute Gasteiger partial charge is 0.399 e. The normalized spacial score (nSPS) is 18.9. The Labute approximate surface area is 107 Å². The summed E-state index contributed by atoms with van der Waals surface area (Å²) >= 11 is 0. The van der Waals surface area contributed by atoms with Crippen LogP contribution in [0.3, 0.4) is 0 Å². The number of hydrogen-bond acceptors (Lipinski definition) is 3. The molecule has 1 fully saturated rings. The Morgan fingerprint density at radius 1 is 1.33 bits per heavy atom. The van der Waals surface area contributed by atoms with Gasteiger partial charge in [-0.3, -0.25) is 9.59 Å². The molecule has 4 heteroatoms. The third-order valence-corrected chi connectivity index (χ3v) is 3.38. The van der Waals surface area contributed by atoms with Gasteiger partial charge in [-0.15, -0.1) is 0 Å². The highest BCUT2D eigenvalue weighted by molar-refractivity contribution is 5.88. The summed E-state index contributed by atoms with van der Waals surface area (Å²) in [4.78, 5) is 25.3. The van der Waals surface area contributed by atoms with E-state index in [-0.39, 0.29) is 17.7 Å². The summed E-state index contributed by atoms with van der Waals surface area (Å²) in [5, 5.41) is 0. The summed E-state index contributed by atoms with van der Waals surface area (Å²) in [6.07, 6.45) is 2.05. The van der Waals surface area contributed by atoms with Gasteiger partial charge in [0.05, 0.1) is 12.5 Å². The smallest absolute Gasteiger partial charge is 0.227 e. The van der Waals surface area contributed by atoms with Crippen molar-refractivity contribution in [2.24, 2.45) is 0 Å². The minimum Gasteiger partial charge on any atom is -0.399 e. The quantitative estimate of drug-likeness (QED) is 0.820. The lowest BCUT2D eigenvalue weighted by atomic mass is 10.1. The van der Waals surface area contributed by atoms with Gasteiger partial charge in [-0.25, -0.2) is 0 Å². The van der Waals surface area contributed by atoms with Gasteiger partial charge < -0.3 is 10.6 Å². The standard InChI is InChI=1S/C14H18N2O2/c1-10(17)13-3-2-8-16(13)14(18)9-11-4-6-12(15)7-5-11/h4-7,13H,2-3,8-9,15H2,1H3/t13-/m1/s1. The molecule has 2 N–H and O–H groups in total. The van der Waals surface area contributed by atoms with E-state index in [2.05, 4.69) is 0 Å². The highest BCUT2D eigenvalue weighted by Crippen LogP contribution is 2.19. The molecule has 96 valence electrons. The molecule has 1 atom stereocenters. The van der Waals surface area contributed by atoms with Gasteiger partial charge in [0.1, 0.15) is 0 Å². The van der Waals surface area contributed by atoms with Crippen LogP contribution < -0.4 is 5.73 Å². The van der Waals surface area contributed by atoms with Crippen molar-refractivity contribution in [2.75, 3.05) is 12.3 Å². The zero-order valence-corrected chi connectivity index (χ0v) is 10.6. The molecule has 1 aromatic rings. The van der Waals surface area contributed by atoms with Gasteiger partial charge in [0.2, 0.25) is 5.91 Å². The molecule has 1 saturated heterocycles. The van der Waals surface area contributed by atoms with E-state index in [1.807, 2.05) is 12.1 Å². The molecule has 1 aliphatic heterocycles. The average molecular weight is 246 g/mol. The summed E-state index contributed by atoms with van der Waals surface area (Å²) in [6, 6.07) is 7.06. The molecule has 0 bridgehead atoms. The molecule has 2 rings (SSSR count). The minimum atomic E-state index is -0.216. The fourth-order valence-corrected chi connectivity index (χ4v) is 2.40. The second-order valence-electron chi connectivity index (χ2n) is 4.77. The summed E-state index contributed by atoms with van der Waals surface area (Å²) in [7, 11) is 0. The van der Waals surface area contributed by atoms with Crippen molar-refractivity contribution in [1.82, 2.24) is 4.90 Å². The molecule has 0 aliphatic carbocycles.